The Morgan fingerprint density at radius 2 is 0.514 bits per heavy atom. The number of carboxylic acids is 5. The molecular weight excluding hydrogens is 492 g/mol. The van der Waals surface area contributed by atoms with Gasteiger partial charge < -0.3 is 35.7 Å². The second kappa shape index (κ2) is 34.1. The van der Waals surface area contributed by atoms with Gasteiger partial charge in [-0.2, -0.15) is 0 Å². The van der Waals surface area contributed by atoms with Gasteiger partial charge in [-0.05, 0) is 10.8 Å². The lowest BCUT2D eigenvalue weighted by atomic mass is 9.99. The highest BCUT2D eigenvalue weighted by Gasteiger charge is 2.05. The van der Waals surface area contributed by atoms with Gasteiger partial charge in [-0.3, -0.25) is 0 Å². The van der Waals surface area contributed by atoms with Crippen molar-refractivity contribution >= 4 is 29.8 Å². The molecule has 0 rings (SSSR count). The summed E-state index contributed by atoms with van der Waals surface area (Å²) in [5, 5.41) is 54.8. The topological polar surface area (TPSA) is 227 Å². The van der Waals surface area contributed by atoms with Crippen molar-refractivity contribution in [3.05, 3.63) is 63.3 Å². The SMILES string of the molecule is C=CC(=O)O.C=CC(=O)O.C=CC(=O)O.C=CC(=O)O.C=CC(=O)O.CC(C)(C)CO.CC(C)(C)CO. The van der Waals surface area contributed by atoms with Gasteiger partial charge in [0.25, 0.3) is 0 Å². The minimum absolute atomic E-state index is 0.0972. The Bertz CT molecular complexity index is 560. The molecule has 0 radical (unpaired) electrons. The molecule has 0 fully saturated rings. The summed E-state index contributed by atoms with van der Waals surface area (Å²) in [6, 6.07) is 0. The van der Waals surface area contributed by atoms with E-state index in [1.807, 2.05) is 41.5 Å². The fourth-order valence-electron chi connectivity index (χ4n) is 0. The van der Waals surface area contributed by atoms with E-state index in [0.29, 0.717) is 0 Å². The summed E-state index contributed by atoms with van der Waals surface area (Å²) in [6.07, 6.45) is 4.17. The van der Waals surface area contributed by atoms with Crippen molar-refractivity contribution in [1.82, 2.24) is 0 Å². The molecule has 0 heterocycles. The third kappa shape index (κ3) is 200. The molecule has 0 aliphatic heterocycles. The summed E-state index contributed by atoms with van der Waals surface area (Å²) >= 11 is 0. The van der Waals surface area contributed by atoms with E-state index in [9.17, 15) is 24.0 Å². The van der Waals surface area contributed by atoms with Crippen molar-refractivity contribution in [3.8, 4) is 0 Å². The van der Waals surface area contributed by atoms with E-state index in [4.69, 9.17) is 35.7 Å². The Balaban J connectivity index is -0.0000000569. The Morgan fingerprint density at radius 1 is 0.459 bits per heavy atom. The van der Waals surface area contributed by atoms with Crippen LogP contribution in [0.5, 0.6) is 0 Å². The number of hydrogen-bond donors (Lipinski definition) is 7. The average Bonchev–Trinajstić information content (AvgIpc) is 2.80. The molecular formula is C25H44O12. The zero-order valence-electron chi connectivity index (χ0n) is 22.5. The monoisotopic (exact) mass is 536 g/mol. The van der Waals surface area contributed by atoms with Crippen LogP contribution in [0, 0.1) is 10.8 Å². The normalized spacial score (nSPS) is 8.22. The molecule has 0 atom stereocenters. The smallest absolute Gasteiger partial charge is 0.327 e. The second-order valence-electron chi connectivity index (χ2n) is 8.15. The van der Waals surface area contributed by atoms with Gasteiger partial charge in [0, 0.05) is 43.6 Å². The molecule has 12 nitrogen and oxygen atoms in total. The molecule has 0 aromatic heterocycles. The van der Waals surface area contributed by atoms with Crippen LogP contribution in [0.25, 0.3) is 0 Å². The summed E-state index contributed by atoms with van der Waals surface area (Å²) in [6.45, 7) is 27.3. The van der Waals surface area contributed by atoms with E-state index in [0.717, 1.165) is 30.4 Å². The highest BCUT2D eigenvalue weighted by molar-refractivity contribution is 5.80. The van der Waals surface area contributed by atoms with Gasteiger partial charge in [0.05, 0.1) is 0 Å². The molecule has 7 N–H and O–H groups in total. The van der Waals surface area contributed by atoms with Gasteiger partial charge in [-0.25, -0.2) is 24.0 Å². The van der Waals surface area contributed by atoms with E-state index in [1.165, 1.54) is 0 Å². The summed E-state index contributed by atoms with van der Waals surface area (Å²) in [5.41, 5.74) is 0.194. The third-order valence-electron chi connectivity index (χ3n) is 1.82. The minimum Gasteiger partial charge on any atom is -0.478 e. The fourth-order valence-corrected chi connectivity index (χ4v) is 0. The summed E-state index contributed by atoms with van der Waals surface area (Å²) < 4.78 is 0. The minimum atomic E-state index is -0.981. The van der Waals surface area contributed by atoms with E-state index in [1.54, 1.807) is 0 Å². The standard InChI is InChI=1S/2C5H12O.5C3H4O2/c2*1-5(2,3)4-6;5*1-2-3(4)5/h2*6H,4H2,1-3H3;5*2H,1H2,(H,4,5). The third-order valence-corrected chi connectivity index (χ3v) is 1.82. The lowest BCUT2D eigenvalue weighted by Gasteiger charge is -2.11. The predicted molar refractivity (Wildman–Crippen MR) is 142 cm³/mol. The maximum absolute atomic E-state index is 9.25. The first-order valence-electron chi connectivity index (χ1n) is 9.96. The molecule has 0 saturated heterocycles. The molecule has 0 saturated carbocycles. The maximum Gasteiger partial charge on any atom is 0.327 e. The molecule has 0 aliphatic carbocycles. The number of rotatable bonds is 5. The van der Waals surface area contributed by atoms with Gasteiger partial charge in [0.15, 0.2) is 0 Å². The number of carbonyl (C=O) groups is 5. The van der Waals surface area contributed by atoms with E-state index < -0.39 is 29.8 Å². The van der Waals surface area contributed by atoms with Crippen molar-refractivity contribution in [1.29, 1.82) is 0 Å². The molecule has 0 amide bonds. The van der Waals surface area contributed by atoms with E-state index >= 15 is 0 Å². The number of aliphatic hydroxyl groups excluding tert-OH is 2. The van der Waals surface area contributed by atoms with Crippen LogP contribution in [-0.2, 0) is 24.0 Å². The van der Waals surface area contributed by atoms with E-state index in [-0.39, 0.29) is 24.0 Å². The molecule has 0 bridgehead atoms. The lowest BCUT2D eigenvalue weighted by molar-refractivity contribution is -0.132. The van der Waals surface area contributed by atoms with Gasteiger partial charge in [0.1, 0.15) is 0 Å². The summed E-state index contributed by atoms with van der Waals surface area (Å²) in [5.74, 6) is -4.91. The van der Waals surface area contributed by atoms with Crippen LogP contribution in [0.4, 0.5) is 0 Å². The molecule has 0 aromatic carbocycles. The number of aliphatic hydroxyl groups is 2. The van der Waals surface area contributed by atoms with E-state index in [2.05, 4.69) is 32.9 Å². The van der Waals surface area contributed by atoms with Crippen LogP contribution >= 0.6 is 0 Å². The first-order valence-corrected chi connectivity index (χ1v) is 9.96. The zero-order valence-corrected chi connectivity index (χ0v) is 22.5. The Hall–Kier alpha value is -4.03. The number of carboxylic acid groups (broad SMARTS) is 5. The maximum atomic E-state index is 9.25. The predicted octanol–water partition coefficient (Wildman–Crippen LogP) is 3.33. The molecule has 0 spiro atoms. The zero-order chi connectivity index (χ0) is 31.8. The molecule has 37 heavy (non-hydrogen) atoms. The highest BCUT2D eigenvalue weighted by Crippen LogP contribution is 2.09. The second-order valence-corrected chi connectivity index (χ2v) is 8.15. The van der Waals surface area contributed by atoms with Crippen LogP contribution in [0.3, 0.4) is 0 Å². The van der Waals surface area contributed by atoms with Gasteiger partial charge in [-0.1, -0.05) is 74.4 Å². The number of aliphatic carboxylic acids is 5. The first-order chi connectivity index (χ1) is 16.5. The summed E-state index contributed by atoms with van der Waals surface area (Å²) in [4.78, 5) is 46.2. The fraction of sp³-hybridized carbons (Fsp3) is 0.400. The van der Waals surface area contributed by atoms with Crippen molar-refractivity contribution in [2.24, 2.45) is 10.8 Å². The quantitative estimate of drug-likeness (QED) is 0.251. The number of hydrogen-bond acceptors (Lipinski definition) is 7. The first kappa shape index (κ1) is 50.0. The lowest BCUT2D eigenvalue weighted by Crippen LogP contribution is -2.09. The Kier molecular flexibility index (Phi) is 46.1. The largest absolute Gasteiger partial charge is 0.478 e. The van der Waals surface area contributed by atoms with Gasteiger partial charge in [-0.15, -0.1) is 0 Å². The molecule has 0 aliphatic rings. The van der Waals surface area contributed by atoms with Crippen LogP contribution in [0.15, 0.2) is 63.3 Å². The van der Waals surface area contributed by atoms with Crippen LogP contribution < -0.4 is 0 Å². The van der Waals surface area contributed by atoms with Crippen molar-refractivity contribution in [2.75, 3.05) is 13.2 Å². The van der Waals surface area contributed by atoms with Crippen molar-refractivity contribution < 1.29 is 59.7 Å². The van der Waals surface area contributed by atoms with Crippen molar-refractivity contribution in [3.63, 3.8) is 0 Å². The molecule has 12 heteroatoms. The summed E-state index contributed by atoms with van der Waals surface area (Å²) in [7, 11) is 0. The van der Waals surface area contributed by atoms with Gasteiger partial charge >= 0.3 is 29.8 Å². The van der Waals surface area contributed by atoms with Crippen LogP contribution in [0.2, 0.25) is 0 Å². The molecule has 0 aromatic rings. The highest BCUT2D eigenvalue weighted by atomic mass is 16.4. The van der Waals surface area contributed by atoms with Gasteiger partial charge in [0.2, 0.25) is 0 Å². The van der Waals surface area contributed by atoms with Crippen LogP contribution in [0.1, 0.15) is 41.5 Å². The van der Waals surface area contributed by atoms with Crippen LogP contribution in [-0.4, -0.2) is 78.8 Å². The average molecular weight is 537 g/mol. The molecule has 0 unspecified atom stereocenters. The molecule has 216 valence electrons. The van der Waals surface area contributed by atoms with Crippen molar-refractivity contribution in [2.45, 2.75) is 41.5 Å². The Morgan fingerprint density at radius 3 is 0.514 bits per heavy atom. The Labute approximate surface area is 218 Å².